The van der Waals surface area contributed by atoms with Gasteiger partial charge in [0.1, 0.15) is 11.4 Å². The molecule has 10 nitrogen and oxygen atoms in total. The number of nitrogens with zero attached hydrogens (tertiary/aromatic N) is 6. The average Bonchev–Trinajstić information content (AvgIpc) is 2.98. The number of benzene rings is 2. The van der Waals surface area contributed by atoms with Gasteiger partial charge in [-0.2, -0.15) is 10.2 Å². The Labute approximate surface area is 203 Å². The van der Waals surface area contributed by atoms with Crippen LogP contribution in [0.15, 0.2) is 42.6 Å². The summed E-state index contributed by atoms with van der Waals surface area (Å²) in [5.41, 5.74) is 3.80. The monoisotopic (exact) mass is 470 g/mol. The maximum absolute atomic E-state index is 12.8. The molecule has 3 aromatic rings. The van der Waals surface area contributed by atoms with Crippen LogP contribution in [0.2, 0.25) is 0 Å². The lowest BCUT2D eigenvalue weighted by molar-refractivity contribution is 0.102. The number of nitriles is 1. The van der Waals surface area contributed by atoms with E-state index < -0.39 is 0 Å². The molecule has 2 aliphatic rings. The van der Waals surface area contributed by atoms with Gasteiger partial charge >= 0.3 is 0 Å². The molecule has 2 aromatic carbocycles. The number of likely N-dealkylation sites (N-methyl/N-ethyl adjacent to an activating group) is 1. The molecule has 2 aliphatic heterocycles. The van der Waals surface area contributed by atoms with Crippen molar-refractivity contribution in [1.29, 1.82) is 5.26 Å². The van der Waals surface area contributed by atoms with E-state index in [-0.39, 0.29) is 5.91 Å². The van der Waals surface area contributed by atoms with Crippen LogP contribution in [0.3, 0.4) is 0 Å². The minimum Gasteiger partial charge on any atom is -0.494 e. The number of carbonyl (C=O) groups excluding carboxylic acids is 1. The summed E-state index contributed by atoms with van der Waals surface area (Å²) in [5, 5.41) is 15.3. The molecule has 5 rings (SSSR count). The molecule has 1 aromatic heterocycles. The first-order chi connectivity index (χ1) is 17.0. The molecule has 1 fully saturated rings. The number of fused-ring (bicyclic) bond motifs is 2. The van der Waals surface area contributed by atoms with Gasteiger partial charge in [-0.05, 0) is 37.4 Å². The number of amides is 1. The smallest absolute Gasteiger partial charge is 0.257 e. The zero-order valence-corrected chi connectivity index (χ0v) is 19.9. The predicted octanol–water partition coefficient (Wildman–Crippen LogP) is 3.19. The van der Waals surface area contributed by atoms with Gasteiger partial charge in [-0.15, -0.1) is 0 Å². The number of nitrogens with one attached hydrogen (secondary N) is 2. The van der Waals surface area contributed by atoms with Crippen LogP contribution in [0.5, 0.6) is 5.75 Å². The van der Waals surface area contributed by atoms with Gasteiger partial charge in [0.15, 0.2) is 5.82 Å². The van der Waals surface area contributed by atoms with Crippen LogP contribution in [0, 0.1) is 11.3 Å². The Balaban J connectivity index is 1.43. The van der Waals surface area contributed by atoms with Crippen LogP contribution in [-0.4, -0.2) is 68.2 Å². The summed E-state index contributed by atoms with van der Waals surface area (Å²) in [6, 6.07) is 13.1. The number of carbonyl (C=O) groups is 1. The highest BCUT2D eigenvalue weighted by molar-refractivity contribution is 6.12. The summed E-state index contributed by atoms with van der Waals surface area (Å²) in [6.45, 7) is 3.98. The molecular formula is C25H26N8O2. The number of ether oxygens (including phenoxy) is 1. The number of rotatable bonds is 4. The minimum absolute atomic E-state index is 0.312. The molecular weight excluding hydrogens is 444 g/mol. The second-order valence-corrected chi connectivity index (χ2v) is 8.59. The fourth-order valence-electron chi connectivity index (χ4n) is 4.33. The largest absolute Gasteiger partial charge is 0.494 e. The molecule has 10 heteroatoms. The van der Waals surface area contributed by atoms with Gasteiger partial charge in [0.2, 0.25) is 5.95 Å². The quantitative estimate of drug-likeness (QED) is 0.594. The van der Waals surface area contributed by atoms with E-state index in [0.717, 1.165) is 37.6 Å². The summed E-state index contributed by atoms with van der Waals surface area (Å²) in [4.78, 5) is 28.3. The van der Waals surface area contributed by atoms with Crippen molar-refractivity contribution in [3.05, 3.63) is 53.7 Å². The molecule has 0 aliphatic carbocycles. The molecule has 0 bridgehead atoms. The highest BCUT2D eigenvalue weighted by atomic mass is 16.5. The number of piperazine rings is 1. The second kappa shape index (κ2) is 9.12. The lowest BCUT2D eigenvalue weighted by Gasteiger charge is -2.34. The van der Waals surface area contributed by atoms with Gasteiger partial charge in [-0.3, -0.25) is 4.79 Å². The number of methoxy groups -OCH3 is 1. The van der Waals surface area contributed by atoms with Crippen molar-refractivity contribution in [3.63, 3.8) is 0 Å². The normalized spacial score (nSPS) is 15.4. The van der Waals surface area contributed by atoms with Gasteiger partial charge in [0, 0.05) is 45.0 Å². The molecule has 178 valence electrons. The summed E-state index contributed by atoms with van der Waals surface area (Å²) in [5.74, 6) is 1.28. The first-order valence-corrected chi connectivity index (χ1v) is 11.3. The van der Waals surface area contributed by atoms with E-state index in [4.69, 9.17) is 4.74 Å². The van der Waals surface area contributed by atoms with E-state index >= 15 is 0 Å². The fourth-order valence-corrected chi connectivity index (χ4v) is 4.33. The fraction of sp³-hybridized carbons (Fsp3) is 0.280. The maximum Gasteiger partial charge on any atom is 0.257 e. The molecule has 2 N–H and O–H groups in total. The number of hydrogen-bond acceptors (Lipinski definition) is 9. The Bertz CT molecular complexity index is 1330. The van der Waals surface area contributed by atoms with Crippen LogP contribution in [-0.2, 0) is 0 Å². The topological polar surface area (TPSA) is 110 Å². The molecule has 0 unspecified atom stereocenters. The maximum atomic E-state index is 12.8. The third kappa shape index (κ3) is 4.29. The van der Waals surface area contributed by atoms with Crippen molar-refractivity contribution in [2.24, 2.45) is 0 Å². The molecule has 1 amide bonds. The zero-order valence-electron chi connectivity index (χ0n) is 19.9. The van der Waals surface area contributed by atoms with Gasteiger partial charge in [-0.25, -0.2) is 4.98 Å². The summed E-state index contributed by atoms with van der Waals surface area (Å²) < 4.78 is 5.66. The average molecular weight is 471 g/mol. The zero-order chi connectivity index (χ0) is 24.5. The van der Waals surface area contributed by atoms with E-state index in [9.17, 15) is 10.1 Å². The lowest BCUT2D eigenvalue weighted by Crippen LogP contribution is -2.44. The third-order valence-corrected chi connectivity index (χ3v) is 6.37. The van der Waals surface area contributed by atoms with Gasteiger partial charge in [0.25, 0.3) is 5.91 Å². The number of hydrogen-bond donors (Lipinski definition) is 2. The molecule has 0 saturated carbocycles. The highest BCUT2D eigenvalue weighted by Crippen LogP contribution is 2.37. The van der Waals surface area contributed by atoms with Crippen LogP contribution in [0.4, 0.5) is 34.5 Å². The molecule has 3 heterocycles. The third-order valence-electron chi connectivity index (χ3n) is 6.37. The van der Waals surface area contributed by atoms with Gasteiger partial charge in [-0.1, -0.05) is 0 Å². The molecule has 0 spiro atoms. The summed E-state index contributed by atoms with van der Waals surface area (Å²) in [7, 11) is 5.60. The SMILES string of the molecule is COc1cc(N2CCN(C)CC2)ccc1Nc1ncc2c(n1)N(C)c1ccc(C#N)cc1C(=O)N2. The minimum atomic E-state index is -0.312. The van der Waals surface area contributed by atoms with Gasteiger partial charge < -0.3 is 30.1 Å². The van der Waals surface area contributed by atoms with Crippen molar-refractivity contribution >= 4 is 40.4 Å². The van der Waals surface area contributed by atoms with E-state index in [1.165, 1.54) is 0 Å². The number of anilines is 6. The van der Waals surface area contributed by atoms with Crippen LogP contribution in [0.25, 0.3) is 0 Å². The molecule has 0 radical (unpaired) electrons. The lowest BCUT2D eigenvalue weighted by atomic mass is 10.1. The van der Waals surface area contributed by atoms with Crippen molar-refractivity contribution in [3.8, 4) is 11.8 Å². The van der Waals surface area contributed by atoms with E-state index in [1.54, 1.807) is 31.5 Å². The van der Waals surface area contributed by atoms with Crippen LogP contribution >= 0.6 is 0 Å². The Morgan fingerprint density at radius 2 is 1.91 bits per heavy atom. The standard InChI is InChI=1S/C25H26N8O2/c1-31-8-10-33(11-9-31)17-5-6-19(22(13-17)35-3)29-25-27-15-20-23(30-25)32(2)21-7-4-16(14-26)12-18(21)24(34)28-20/h4-7,12-13,15H,8-11H2,1-3H3,(H,28,34)(H,27,29,30). The number of aromatic nitrogens is 2. The van der Waals surface area contributed by atoms with Crippen LogP contribution < -0.4 is 25.2 Å². The Kier molecular flexibility index (Phi) is 5.84. The highest BCUT2D eigenvalue weighted by Gasteiger charge is 2.25. The Morgan fingerprint density at radius 3 is 2.66 bits per heavy atom. The summed E-state index contributed by atoms with van der Waals surface area (Å²) in [6.07, 6.45) is 1.57. The van der Waals surface area contributed by atoms with Gasteiger partial charge in [0.05, 0.1) is 41.9 Å². The van der Waals surface area contributed by atoms with Crippen molar-refractivity contribution in [2.75, 3.05) is 67.8 Å². The van der Waals surface area contributed by atoms with E-state index in [1.807, 2.05) is 24.1 Å². The van der Waals surface area contributed by atoms with Crippen molar-refractivity contribution in [1.82, 2.24) is 14.9 Å². The molecule has 35 heavy (non-hydrogen) atoms. The first kappa shape index (κ1) is 22.4. The van der Waals surface area contributed by atoms with Crippen molar-refractivity contribution in [2.45, 2.75) is 0 Å². The van der Waals surface area contributed by atoms with Crippen molar-refractivity contribution < 1.29 is 9.53 Å². The predicted molar refractivity (Wildman–Crippen MR) is 135 cm³/mol. The Morgan fingerprint density at radius 1 is 1.11 bits per heavy atom. The molecule has 0 atom stereocenters. The van der Waals surface area contributed by atoms with E-state index in [0.29, 0.717) is 40.0 Å². The molecule has 1 saturated heterocycles. The summed E-state index contributed by atoms with van der Waals surface area (Å²) >= 11 is 0. The first-order valence-electron chi connectivity index (χ1n) is 11.3. The van der Waals surface area contributed by atoms with E-state index in [2.05, 4.69) is 49.6 Å². The second-order valence-electron chi connectivity index (χ2n) is 8.59. The van der Waals surface area contributed by atoms with Crippen LogP contribution in [0.1, 0.15) is 15.9 Å². The Hall–Kier alpha value is -4.36.